The predicted octanol–water partition coefficient (Wildman–Crippen LogP) is 2.73. The number of carboxylic acid groups (broad SMARTS) is 1. The summed E-state index contributed by atoms with van der Waals surface area (Å²) in [6.45, 7) is 10.2. The molecular formula is C14H22O4Si. The minimum atomic E-state index is -1.80. The number of hydrogen-bond donors (Lipinski definition) is 1. The standard InChI is InChI=1S/C14H22O4Si/c1-9(2)18-12-10(14(15)16)7-8-11(17-3)13(12)19(4,5)6/h7-9H,1-6H3,(H,15,16). The van der Waals surface area contributed by atoms with Crippen LogP contribution in [-0.4, -0.2) is 32.4 Å². The van der Waals surface area contributed by atoms with Crippen molar-refractivity contribution in [3.63, 3.8) is 0 Å². The van der Waals surface area contributed by atoms with E-state index in [1.807, 2.05) is 13.8 Å². The molecule has 1 rings (SSSR count). The van der Waals surface area contributed by atoms with E-state index >= 15 is 0 Å². The first-order chi connectivity index (χ1) is 8.68. The van der Waals surface area contributed by atoms with Crippen molar-refractivity contribution >= 4 is 19.2 Å². The number of carbonyl (C=O) groups is 1. The van der Waals surface area contributed by atoms with Crippen molar-refractivity contribution in [1.82, 2.24) is 0 Å². The van der Waals surface area contributed by atoms with Gasteiger partial charge in [0.2, 0.25) is 0 Å². The third kappa shape index (κ3) is 3.50. The molecule has 106 valence electrons. The number of carboxylic acids is 1. The molecule has 0 aromatic heterocycles. The highest BCUT2D eigenvalue weighted by Gasteiger charge is 2.30. The van der Waals surface area contributed by atoms with Gasteiger partial charge in [0, 0.05) is 5.19 Å². The average Bonchev–Trinajstić information content (AvgIpc) is 2.25. The summed E-state index contributed by atoms with van der Waals surface area (Å²) < 4.78 is 11.2. The second-order valence-corrected chi connectivity index (χ2v) is 10.7. The van der Waals surface area contributed by atoms with Gasteiger partial charge in [0.15, 0.2) is 0 Å². The van der Waals surface area contributed by atoms with Crippen LogP contribution in [0.25, 0.3) is 0 Å². The summed E-state index contributed by atoms with van der Waals surface area (Å²) in [5, 5.41) is 10.2. The Morgan fingerprint density at radius 1 is 1.26 bits per heavy atom. The summed E-state index contributed by atoms with van der Waals surface area (Å²) in [6.07, 6.45) is -0.0830. The highest BCUT2D eigenvalue weighted by atomic mass is 28.3. The largest absolute Gasteiger partial charge is 0.497 e. The molecule has 0 atom stereocenters. The van der Waals surface area contributed by atoms with Gasteiger partial charge in [-0.1, -0.05) is 19.6 Å². The van der Waals surface area contributed by atoms with Gasteiger partial charge in [-0.05, 0) is 26.0 Å². The van der Waals surface area contributed by atoms with Crippen molar-refractivity contribution in [1.29, 1.82) is 0 Å². The minimum Gasteiger partial charge on any atom is -0.497 e. The molecule has 0 amide bonds. The van der Waals surface area contributed by atoms with Crippen molar-refractivity contribution in [3.05, 3.63) is 17.7 Å². The SMILES string of the molecule is COc1ccc(C(=O)O)c(OC(C)C)c1[Si](C)(C)C. The van der Waals surface area contributed by atoms with E-state index in [0.717, 1.165) is 5.19 Å². The maximum atomic E-state index is 11.4. The van der Waals surface area contributed by atoms with E-state index in [0.29, 0.717) is 11.5 Å². The van der Waals surface area contributed by atoms with E-state index in [-0.39, 0.29) is 11.7 Å². The predicted molar refractivity (Wildman–Crippen MR) is 78.7 cm³/mol. The zero-order chi connectivity index (χ0) is 14.8. The lowest BCUT2D eigenvalue weighted by Crippen LogP contribution is -2.41. The molecule has 4 nitrogen and oxygen atoms in total. The van der Waals surface area contributed by atoms with Gasteiger partial charge < -0.3 is 14.6 Å². The number of rotatable bonds is 5. The summed E-state index contributed by atoms with van der Waals surface area (Å²) in [5.74, 6) is 0.193. The average molecular weight is 282 g/mol. The Morgan fingerprint density at radius 2 is 1.84 bits per heavy atom. The lowest BCUT2D eigenvalue weighted by atomic mass is 10.2. The topological polar surface area (TPSA) is 55.8 Å². The van der Waals surface area contributed by atoms with Gasteiger partial charge in [0.1, 0.15) is 17.1 Å². The number of methoxy groups -OCH3 is 1. The van der Waals surface area contributed by atoms with Gasteiger partial charge in [-0.2, -0.15) is 0 Å². The fraction of sp³-hybridized carbons (Fsp3) is 0.500. The summed E-state index contributed by atoms with van der Waals surface area (Å²) in [4.78, 5) is 11.4. The third-order valence-electron chi connectivity index (χ3n) is 2.67. The van der Waals surface area contributed by atoms with Gasteiger partial charge in [0.25, 0.3) is 0 Å². The molecule has 0 aliphatic rings. The van der Waals surface area contributed by atoms with Crippen molar-refractivity contribution in [2.45, 2.75) is 39.6 Å². The Morgan fingerprint density at radius 3 is 2.21 bits per heavy atom. The van der Waals surface area contributed by atoms with Crippen LogP contribution in [0.5, 0.6) is 11.5 Å². The Balaban J connectivity index is 3.61. The molecule has 1 aromatic carbocycles. The van der Waals surface area contributed by atoms with Crippen LogP contribution >= 0.6 is 0 Å². The zero-order valence-corrected chi connectivity index (χ0v) is 13.4. The first-order valence-corrected chi connectivity index (χ1v) is 9.80. The van der Waals surface area contributed by atoms with Crippen LogP contribution in [0.4, 0.5) is 0 Å². The molecule has 0 aliphatic carbocycles. The van der Waals surface area contributed by atoms with Gasteiger partial charge in [0.05, 0.1) is 21.3 Å². The van der Waals surface area contributed by atoms with Crippen molar-refractivity contribution in [2.24, 2.45) is 0 Å². The summed E-state index contributed by atoms with van der Waals surface area (Å²) in [5.41, 5.74) is 0.201. The lowest BCUT2D eigenvalue weighted by molar-refractivity contribution is 0.0691. The molecule has 0 aliphatic heterocycles. The van der Waals surface area contributed by atoms with Crippen LogP contribution in [0, 0.1) is 0 Å². The van der Waals surface area contributed by atoms with E-state index in [1.54, 1.807) is 19.2 Å². The van der Waals surface area contributed by atoms with Crippen molar-refractivity contribution in [2.75, 3.05) is 7.11 Å². The second kappa shape index (κ2) is 5.65. The molecule has 0 saturated heterocycles. The summed E-state index contributed by atoms with van der Waals surface area (Å²) in [7, 11) is -0.205. The Labute approximate surface area is 115 Å². The molecule has 1 aromatic rings. The van der Waals surface area contributed by atoms with Gasteiger partial charge >= 0.3 is 5.97 Å². The summed E-state index contributed by atoms with van der Waals surface area (Å²) in [6, 6.07) is 3.26. The Hall–Kier alpha value is -1.49. The van der Waals surface area contributed by atoms with Crippen LogP contribution in [0.15, 0.2) is 12.1 Å². The molecule has 19 heavy (non-hydrogen) atoms. The Bertz CT molecular complexity index is 475. The third-order valence-corrected chi connectivity index (χ3v) is 4.65. The van der Waals surface area contributed by atoms with Gasteiger partial charge in [-0.25, -0.2) is 4.79 Å². The van der Waals surface area contributed by atoms with Crippen molar-refractivity contribution < 1.29 is 19.4 Å². The molecule has 0 bridgehead atoms. The molecule has 0 spiro atoms. The first kappa shape index (κ1) is 15.6. The molecule has 0 fully saturated rings. The van der Waals surface area contributed by atoms with Gasteiger partial charge in [-0.15, -0.1) is 0 Å². The maximum absolute atomic E-state index is 11.4. The molecule has 0 unspecified atom stereocenters. The molecule has 1 N–H and O–H groups in total. The highest BCUT2D eigenvalue weighted by molar-refractivity contribution is 6.90. The Kier molecular flexibility index (Phi) is 4.63. The minimum absolute atomic E-state index is 0.0830. The van der Waals surface area contributed by atoms with E-state index in [4.69, 9.17) is 9.47 Å². The van der Waals surface area contributed by atoms with E-state index in [1.165, 1.54) is 0 Å². The molecular weight excluding hydrogens is 260 g/mol. The molecule has 0 saturated carbocycles. The zero-order valence-electron chi connectivity index (χ0n) is 12.4. The monoisotopic (exact) mass is 282 g/mol. The maximum Gasteiger partial charge on any atom is 0.339 e. The summed E-state index contributed by atoms with van der Waals surface area (Å²) >= 11 is 0. The molecule has 0 radical (unpaired) electrons. The number of aromatic carboxylic acids is 1. The van der Waals surface area contributed by atoms with E-state index < -0.39 is 14.0 Å². The molecule has 5 heteroatoms. The van der Waals surface area contributed by atoms with Crippen LogP contribution in [0.2, 0.25) is 19.6 Å². The lowest BCUT2D eigenvalue weighted by Gasteiger charge is -2.26. The van der Waals surface area contributed by atoms with Crippen molar-refractivity contribution in [3.8, 4) is 11.5 Å². The van der Waals surface area contributed by atoms with E-state index in [2.05, 4.69) is 19.6 Å². The van der Waals surface area contributed by atoms with Crippen LogP contribution in [0.3, 0.4) is 0 Å². The highest BCUT2D eigenvalue weighted by Crippen LogP contribution is 2.27. The second-order valence-electron chi connectivity index (χ2n) is 5.74. The van der Waals surface area contributed by atoms with Crippen LogP contribution in [-0.2, 0) is 0 Å². The van der Waals surface area contributed by atoms with Gasteiger partial charge in [-0.3, -0.25) is 0 Å². The van der Waals surface area contributed by atoms with E-state index in [9.17, 15) is 9.90 Å². The van der Waals surface area contributed by atoms with Crippen LogP contribution in [0.1, 0.15) is 24.2 Å². The number of ether oxygens (including phenoxy) is 2. The van der Waals surface area contributed by atoms with Crippen LogP contribution < -0.4 is 14.7 Å². The number of benzene rings is 1. The number of hydrogen-bond acceptors (Lipinski definition) is 3. The fourth-order valence-corrected chi connectivity index (χ4v) is 3.77. The normalized spacial score (nSPS) is 11.5. The first-order valence-electron chi connectivity index (χ1n) is 6.30. The quantitative estimate of drug-likeness (QED) is 0.844. The fourth-order valence-electron chi connectivity index (χ4n) is 1.97. The molecule has 0 heterocycles. The smallest absolute Gasteiger partial charge is 0.339 e.